The molecule has 0 aliphatic rings. The molecule has 0 unspecified atom stereocenters. The maximum absolute atomic E-state index is 8.85. The highest BCUT2D eigenvalue weighted by molar-refractivity contribution is 7.09. The molecule has 2 rings (SSSR count). The van der Waals surface area contributed by atoms with Crippen LogP contribution in [0.2, 0.25) is 0 Å². The monoisotopic (exact) mass is 250 g/mol. The van der Waals surface area contributed by atoms with Gasteiger partial charge in [-0.05, 0) is 18.6 Å². The third-order valence-corrected chi connectivity index (χ3v) is 3.29. The Labute approximate surface area is 104 Å². The van der Waals surface area contributed by atoms with Gasteiger partial charge in [-0.25, -0.2) is 4.98 Å². The number of pyridine rings is 1. The average molecular weight is 250 g/mol. The van der Waals surface area contributed by atoms with Crippen LogP contribution in [0.25, 0.3) is 0 Å². The van der Waals surface area contributed by atoms with E-state index in [0.717, 1.165) is 17.1 Å². The van der Waals surface area contributed by atoms with Crippen LogP contribution < -0.4 is 4.74 Å². The molecule has 90 valence electrons. The molecule has 2 aromatic rings. The summed E-state index contributed by atoms with van der Waals surface area (Å²) in [5.74, 6) is 0.688. The summed E-state index contributed by atoms with van der Waals surface area (Å²) in [6.07, 6.45) is 2.57. The molecule has 2 heterocycles. The maximum atomic E-state index is 8.85. The van der Waals surface area contributed by atoms with Crippen LogP contribution in [0.3, 0.4) is 0 Å². The van der Waals surface area contributed by atoms with Gasteiger partial charge in [-0.3, -0.25) is 4.98 Å². The lowest BCUT2D eigenvalue weighted by atomic mass is 10.3. The van der Waals surface area contributed by atoms with Gasteiger partial charge in [0.2, 0.25) is 0 Å². The molecule has 0 aliphatic carbocycles. The van der Waals surface area contributed by atoms with Gasteiger partial charge in [0.25, 0.3) is 0 Å². The predicted molar refractivity (Wildman–Crippen MR) is 66.0 cm³/mol. The van der Waals surface area contributed by atoms with Crippen LogP contribution in [-0.2, 0) is 19.6 Å². The Balaban J connectivity index is 1.92. The Kier molecular flexibility index (Phi) is 4.06. The smallest absolute Gasteiger partial charge is 0.138 e. The fourth-order valence-electron chi connectivity index (χ4n) is 1.32. The molecule has 0 fully saturated rings. The first-order chi connectivity index (χ1) is 8.31. The van der Waals surface area contributed by atoms with Crippen LogP contribution in [0, 0.1) is 0 Å². The van der Waals surface area contributed by atoms with Crippen molar-refractivity contribution < 1.29 is 9.84 Å². The fourth-order valence-corrected chi connectivity index (χ4v) is 2.05. The van der Waals surface area contributed by atoms with Crippen LogP contribution in [0.4, 0.5) is 0 Å². The number of thiazole rings is 1. The van der Waals surface area contributed by atoms with Gasteiger partial charge in [-0.15, -0.1) is 11.3 Å². The summed E-state index contributed by atoms with van der Waals surface area (Å²) in [6.45, 7) is 2.49. The Bertz CT molecular complexity index is 468. The average Bonchev–Trinajstić information content (AvgIpc) is 2.85. The summed E-state index contributed by atoms with van der Waals surface area (Å²) in [4.78, 5) is 8.45. The topological polar surface area (TPSA) is 55.2 Å². The lowest BCUT2D eigenvalue weighted by molar-refractivity contribution is 0.274. The van der Waals surface area contributed by atoms with Crippen molar-refractivity contribution in [2.75, 3.05) is 0 Å². The largest absolute Gasteiger partial charge is 0.486 e. The molecule has 0 aliphatic heterocycles. The summed E-state index contributed by atoms with van der Waals surface area (Å²) in [6, 6.07) is 3.54. The molecule has 1 N–H and O–H groups in total. The summed E-state index contributed by atoms with van der Waals surface area (Å²) >= 11 is 1.65. The van der Waals surface area contributed by atoms with Gasteiger partial charge in [0.15, 0.2) is 0 Å². The first-order valence-electron chi connectivity index (χ1n) is 5.43. The molecule has 0 bridgehead atoms. The molecule has 0 radical (unpaired) electrons. The van der Waals surface area contributed by atoms with Crippen molar-refractivity contribution in [2.24, 2.45) is 0 Å². The molecule has 0 saturated carbocycles. The quantitative estimate of drug-likeness (QED) is 0.883. The van der Waals surface area contributed by atoms with E-state index in [0.29, 0.717) is 18.1 Å². The summed E-state index contributed by atoms with van der Waals surface area (Å²) in [5, 5.41) is 12.0. The van der Waals surface area contributed by atoms with E-state index in [9.17, 15) is 0 Å². The number of aryl methyl sites for hydroxylation is 1. The standard InChI is InChI=1S/C12H14N2O2S/c1-2-12-14-10(8-17-12)7-16-11-4-3-9(6-15)13-5-11/h3-5,8,15H,2,6-7H2,1H3. The summed E-state index contributed by atoms with van der Waals surface area (Å²) in [7, 11) is 0. The van der Waals surface area contributed by atoms with E-state index in [1.165, 1.54) is 0 Å². The molecule has 0 saturated heterocycles. The van der Waals surface area contributed by atoms with Crippen molar-refractivity contribution >= 4 is 11.3 Å². The van der Waals surface area contributed by atoms with Crippen molar-refractivity contribution in [1.82, 2.24) is 9.97 Å². The second-order valence-electron chi connectivity index (χ2n) is 3.52. The third-order valence-electron chi connectivity index (χ3n) is 2.25. The van der Waals surface area contributed by atoms with Crippen LogP contribution >= 0.6 is 11.3 Å². The minimum absolute atomic E-state index is 0.0494. The van der Waals surface area contributed by atoms with Crippen LogP contribution in [0.1, 0.15) is 23.3 Å². The van der Waals surface area contributed by atoms with Crippen molar-refractivity contribution in [3.8, 4) is 5.75 Å². The minimum Gasteiger partial charge on any atom is -0.486 e. The normalized spacial score (nSPS) is 10.5. The van der Waals surface area contributed by atoms with Gasteiger partial charge in [-0.1, -0.05) is 6.92 Å². The predicted octanol–water partition coefficient (Wildman–Crippen LogP) is 2.17. The second kappa shape index (κ2) is 5.75. The van der Waals surface area contributed by atoms with Crippen molar-refractivity contribution in [3.05, 3.63) is 40.1 Å². The summed E-state index contributed by atoms with van der Waals surface area (Å²) < 4.78 is 5.55. The lowest BCUT2D eigenvalue weighted by Crippen LogP contribution is -1.97. The first-order valence-corrected chi connectivity index (χ1v) is 6.31. The Morgan fingerprint density at radius 1 is 1.35 bits per heavy atom. The van der Waals surface area contributed by atoms with E-state index in [2.05, 4.69) is 16.9 Å². The van der Waals surface area contributed by atoms with Crippen molar-refractivity contribution in [1.29, 1.82) is 0 Å². The number of hydrogen-bond donors (Lipinski definition) is 1. The molecule has 17 heavy (non-hydrogen) atoms. The van der Waals surface area contributed by atoms with Crippen molar-refractivity contribution in [3.63, 3.8) is 0 Å². The van der Waals surface area contributed by atoms with E-state index >= 15 is 0 Å². The minimum atomic E-state index is -0.0494. The Hall–Kier alpha value is -1.46. The van der Waals surface area contributed by atoms with Crippen LogP contribution in [0.5, 0.6) is 5.75 Å². The molecule has 0 amide bonds. The highest BCUT2D eigenvalue weighted by Crippen LogP contribution is 2.14. The highest BCUT2D eigenvalue weighted by atomic mass is 32.1. The van der Waals surface area contributed by atoms with E-state index in [-0.39, 0.29) is 6.61 Å². The molecular formula is C12H14N2O2S. The van der Waals surface area contributed by atoms with Crippen LogP contribution in [-0.4, -0.2) is 15.1 Å². The first kappa shape index (κ1) is 12.0. The van der Waals surface area contributed by atoms with Gasteiger partial charge >= 0.3 is 0 Å². The number of aliphatic hydroxyl groups excluding tert-OH is 1. The van der Waals surface area contributed by atoms with Crippen molar-refractivity contribution in [2.45, 2.75) is 26.6 Å². The molecule has 5 heteroatoms. The molecule has 4 nitrogen and oxygen atoms in total. The Morgan fingerprint density at radius 2 is 2.24 bits per heavy atom. The van der Waals surface area contributed by atoms with Gasteiger partial charge in [0.05, 0.1) is 29.2 Å². The molecule has 0 atom stereocenters. The van der Waals surface area contributed by atoms with E-state index in [1.807, 2.05) is 5.38 Å². The zero-order valence-electron chi connectivity index (χ0n) is 9.59. The van der Waals surface area contributed by atoms with Crippen LogP contribution in [0.15, 0.2) is 23.7 Å². The van der Waals surface area contributed by atoms with Gasteiger partial charge in [0, 0.05) is 5.38 Å². The molecule has 2 aromatic heterocycles. The maximum Gasteiger partial charge on any atom is 0.138 e. The number of aromatic nitrogens is 2. The number of ether oxygens (including phenoxy) is 1. The zero-order chi connectivity index (χ0) is 12.1. The second-order valence-corrected chi connectivity index (χ2v) is 4.46. The summed E-state index contributed by atoms with van der Waals surface area (Å²) in [5.41, 5.74) is 1.58. The fraction of sp³-hybridized carbons (Fsp3) is 0.333. The van der Waals surface area contributed by atoms with E-state index in [4.69, 9.17) is 9.84 Å². The van der Waals surface area contributed by atoms with Gasteiger partial charge in [-0.2, -0.15) is 0 Å². The van der Waals surface area contributed by atoms with E-state index in [1.54, 1.807) is 29.7 Å². The number of nitrogens with zero attached hydrogens (tertiary/aromatic N) is 2. The highest BCUT2D eigenvalue weighted by Gasteiger charge is 2.02. The molecule has 0 aromatic carbocycles. The number of aliphatic hydroxyl groups is 1. The number of rotatable bonds is 5. The van der Waals surface area contributed by atoms with E-state index < -0.39 is 0 Å². The molecule has 0 spiro atoms. The SMILES string of the molecule is CCc1nc(COc2ccc(CO)nc2)cs1. The lowest BCUT2D eigenvalue weighted by Gasteiger charge is -2.03. The van der Waals surface area contributed by atoms with Gasteiger partial charge < -0.3 is 9.84 Å². The number of hydrogen-bond acceptors (Lipinski definition) is 5. The zero-order valence-corrected chi connectivity index (χ0v) is 10.4. The van der Waals surface area contributed by atoms with Gasteiger partial charge in [0.1, 0.15) is 12.4 Å². The third kappa shape index (κ3) is 3.25. The molecular weight excluding hydrogens is 236 g/mol. The Morgan fingerprint density at radius 3 is 2.82 bits per heavy atom.